The number of ether oxygens (including phenoxy) is 1. The molecule has 2 unspecified atom stereocenters. The molecular weight excluding hydrogens is 287 g/mol. The molecule has 2 fully saturated rings. The van der Waals surface area contributed by atoms with Crippen molar-refractivity contribution in [2.45, 2.75) is 63.1 Å². The van der Waals surface area contributed by atoms with Crippen LogP contribution < -0.4 is 0 Å². The molecule has 2 atom stereocenters. The molecule has 1 aliphatic heterocycles. The van der Waals surface area contributed by atoms with Gasteiger partial charge in [-0.05, 0) is 62.1 Å². The molecule has 116 valence electrons. The van der Waals surface area contributed by atoms with Gasteiger partial charge in [0.2, 0.25) is 0 Å². The molecule has 1 heterocycles. The Kier molecular flexibility index (Phi) is 4.85. The van der Waals surface area contributed by atoms with Gasteiger partial charge in [0.25, 0.3) is 0 Å². The lowest BCUT2D eigenvalue weighted by Gasteiger charge is -2.25. The third-order valence-electron chi connectivity index (χ3n) is 5.08. The molecule has 1 nitrogen and oxygen atoms in total. The zero-order chi connectivity index (χ0) is 14.7. The van der Waals surface area contributed by atoms with Gasteiger partial charge < -0.3 is 4.74 Å². The van der Waals surface area contributed by atoms with Crippen LogP contribution in [0.5, 0.6) is 0 Å². The lowest BCUT2D eigenvalue weighted by atomic mass is 9.93. The van der Waals surface area contributed by atoms with E-state index < -0.39 is 0 Å². The molecule has 1 aromatic rings. The van der Waals surface area contributed by atoms with Crippen LogP contribution in [0.3, 0.4) is 0 Å². The second kappa shape index (κ2) is 6.66. The summed E-state index contributed by atoms with van der Waals surface area (Å²) in [5.74, 6) is 0.821. The van der Waals surface area contributed by atoms with E-state index in [1.165, 1.54) is 38.2 Å². The molecule has 0 aromatic heterocycles. The summed E-state index contributed by atoms with van der Waals surface area (Å²) >= 11 is 6.14. The lowest BCUT2D eigenvalue weighted by molar-refractivity contribution is -0.0432. The molecule has 0 N–H and O–H groups in total. The molecule has 1 saturated carbocycles. The zero-order valence-corrected chi connectivity index (χ0v) is 13.2. The molecule has 0 amide bonds. The first-order valence-corrected chi connectivity index (χ1v) is 8.71. The molecular formula is C18H24ClFO. The topological polar surface area (TPSA) is 9.23 Å². The van der Waals surface area contributed by atoms with Crippen LogP contribution in [-0.4, -0.2) is 17.6 Å². The highest BCUT2D eigenvalue weighted by atomic mass is 35.5. The maximum Gasteiger partial charge on any atom is 0.123 e. The molecule has 3 rings (SSSR count). The molecule has 21 heavy (non-hydrogen) atoms. The highest BCUT2D eigenvalue weighted by Crippen LogP contribution is 2.44. The molecule has 0 bridgehead atoms. The van der Waals surface area contributed by atoms with Crippen LogP contribution in [0.15, 0.2) is 24.3 Å². The Hall–Kier alpha value is -0.600. The minimum Gasteiger partial charge on any atom is -0.372 e. The summed E-state index contributed by atoms with van der Waals surface area (Å²) in [6.07, 6.45) is 9.67. The highest BCUT2D eigenvalue weighted by molar-refractivity contribution is 6.18. The first-order valence-electron chi connectivity index (χ1n) is 8.17. The fraction of sp³-hybridized carbons (Fsp3) is 0.667. The second-order valence-corrected chi connectivity index (χ2v) is 7.07. The van der Waals surface area contributed by atoms with Crippen LogP contribution in [-0.2, 0) is 11.2 Å². The number of hydrogen-bond donors (Lipinski definition) is 0. The maximum absolute atomic E-state index is 13.3. The van der Waals surface area contributed by atoms with Gasteiger partial charge in [-0.3, -0.25) is 0 Å². The summed E-state index contributed by atoms with van der Waals surface area (Å²) < 4.78 is 19.6. The van der Waals surface area contributed by atoms with Crippen molar-refractivity contribution in [1.29, 1.82) is 0 Å². The van der Waals surface area contributed by atoms with Gasteiger partial charge in [-0.25, -0.2) is 4.39 Å². The van der Waals surface area contributed by atoms with E-state index in [9.17, 15) is 4.39 Å². The molecule has 3 heteroatoms. The van der Waals surface area contributed by atoms with E-state index in [0.29, 0.717) is 17.9 Å². The van der Waals surface area contributed by atoms with Gasteiger partial charge in [0.15, 0.2) is 0 Å². The summed E-state index contributed by atoms with van der Waals surface area (Å²) in [5, 5.41) is 0. The van der Waals surface area contributed by atoms with Crippen molar-refractivity contribution in [3.8, 4) is 0 Å². The minimum atomic E-state index is -0.164. The summed E-state index contributed by atoms with van der Waals surface area (Å²) in [6.45, 7) is 0. The van der Waals surface area contributed by atoms with E-state index in [4.69, 9.17) is 16.3 Å². The van der Waals surface area contributed by atoms with E-state index >= 15 is 0 Å². The first-order chi connectivity index (χ1) is 10.2. The molecule has 2 aliphatic rings. The number of alkyl halides is 1. The van der Waals surface area contributed by atoms with Gasteiger partial charge in [-0.15, -0.1) is 11.6 Å². The Morgan fingerprint density at radius 2 is 2.10 bits per heavy atom. The molecule has 1 aromatic carbocycles. The largest absolute Gasteiger partial charge is 0.372 e. The third-order valence-corrected chi connectivity index (χ3v) is 5.52. The standard InChI is InChI=1S/C18H24ClFO/c19-13-15(10-14-4-3-5-16(20)11-14)12-17-6-9-18(21-17)7-1-2-8-18/h3-5,11,15,17H,1-2,6-10,12-13H2. The zero-order valence-electron chi connectivity index (χ0n) is 12.5. The molecule has 1 aliphatic carbocycles. The Morgan fingerprint density at radius 1 is 1.29 bits per heavy atom. The number of hydrogen-bond acceptors (Lipinski definition) is 1. The first kappa shape index (κ1) is 15.3. The average Bonchev–Trinajstić information content (AvgIpc) is 3.09. The van der Waals surface area contributed by atoms with E-state index in [2.05, 4.69) is 0 Å². The SMILES string of the molecule is Fc1cccc(CC(CCl)CC2CCC3(CCCC3)O2)c1. The number of halogens is 2. The van der Waals surface area contributed by atoms with Gasteiger partial charge in [0.1, 0.15) is 5.82 Å². The molecule has 1 spiro atoms. The summed E-state index contributed by atoms with van der Waals surface area (Å²) in [4.78, 5) is 0. The monoisotopic (exact) mass is 310 g/mol. The Labute approximate surface area is 131 Å². The van der Waals surface area contributed by atoms with Gasteiger partial charge in [0.05, 0.1) is 11.7 Å². The summed E-state index contributed by atoms with van der Waals surface area (Å²) in [7, 11) is 0. The lowest BCUT2D eigenvalue weighted by Crippen LogP contribution is -2.26. The minimum absolute atomic E-state index is 0.164. The van der Waals surface area contributed by atoms with Crippen LogP contribution in [0.4, 0.5) is 4.39 Å². The van der Waals surface area contributed by atoms with Crippen molar-refractivity contribution in [1.82, 2.24) is 0 Å². The van der Waals surface area contributed by atoms with Crippen molar-refractivity contribution in [3.63, 3.8) is 0 Å². The van der Waals surface area contributed by atoms with Crippen LogP contribution in [0.25, 0.3) is 0 Å². The number of rotatable bonds is 5. The van der Waals surface area contributed by atoms with Gasteiger partial charge in [0, 0.05) is 5.88 Å². The second-order valence-electron chi connectivity index (χ2n) is 6.76. The van der Waals surface area contributed by atoms with Crippen molar-refractivity contribution in [3.05, 3.63) is 35.6 Å². The van der Waals surface area contributed by atoms with Gasteiger partial charge in [-0.2, -0.15) is 0 Å². The van der Waals surface area contributed by atoms with E-state index in [-0.39, 0.29) is 11.4 Å². The quantitative estimate of drug-likeness (QED) is 0.687. The highest BCUT2D eigenvalue weighted by Gasteiger charge is 2.42. The van der Waals surface area contributed by atoms with E-state index in [0.717, 1.165) is 24.8 Å². The smallest absolute Gasteiger partial charge is 0.123 e. The fourth-order valence-electron chi connectivity index (χ4n) is 4.02. The Balaban J connectivity index is 1.55. The van der Waals surface area contributed by atoms with Crippen LogP contribution in [0.2, 0.25) is 0 Å². The Bertz CT molecular complexity index is 470. The van der Waals surface area contributed by atoms with Crippen molar-refractivity contribution >= 4 is 11.6 Å². The maximum atomic E-state index is 13.3. The van der Waals surface area contributed by atoms with Crippen LogP contribution in [0.1, 0.15) is 50.5 Å². The normalized spacial score (nSPS) is 25.5. The third kappa shape index (κ3) is 3.78. The molecule has 1 saturated heterocycles. The van der Waals surface area contributed by atoms with Crippen LogP contribution in [0, 0.1) is 11.7 Å². The predicted molar refractivity (Wildman–Crippen MR) is 84.2 cm³/mol. The van der Waals surface area contributed by atoms with Gasteiger partial charge >= 0.3 is 0 Å². The number of benzene rings is 1. The van der Waals surface area contributed by atoms with Crippen molar-refractivity contribution in [2.24, 2.45) is 5.92 Å². The van der Waals surface area contributed by atoms with Crippen LogP contribution >= 0.6 is 11.6 Å². The van der Waals surface area contributed by atoms with E-state index in [1.807, 2.05) is 6.07 Å². The fourth-order valence-corrected chi connectivity index (χ4v) is 4.25. The van der Waals surface area contributed by atoms with Crippen molar-refractivity contribution < 1.29 is 9.13 Å². The molecule has 0 radical (unpaired) electrons. The summed E-state index contributed by atoms with van der Waals surface area (Å²) in [5.41, 5.74) is 1.23. The van der Waals surface area contributed by atoms with Gasteiger partial charge in [-0.1, -0.05) is 25.0 Å². The van der Waals surface area contributed by atoms with E-state index in [1.54, 1.807) is 12.1 Å². The predicted octanol–water partition coefficient (Wildman–Crippen LogP) is 5.11. The Morgan fingerprint density at radius 3 is 2.81 bits per heavy atom. The summed E-state index contributed by atoms with van der Waals surface area (Å²) in [6, 6.07) is 6.86. The average molecular weight is 311 g/mol. The van der Waals surface area contributed by atoms with Crippen molar-refractivity contribution in [2.75, 3.05) is 5.88 Å².